The number of ether oxygens (including phenoxy) is 2. The summed E-state index contributed by atoms with van der Waals surface area (Å²) in [4.78, 5) is 24.6. The standard InChI is InChI=1S/C24H29N3O6S/c1-25-23(28)19-5-2-4-17(14-19)16-26-24(29)18-8-10-27(11-9-18)34(30,31)20-6-7-21-22(15-20)33-13-3-12-32-21/h2,4-7,14-15,18H,3,8-13,16H2,1H3,(H,25,28)(H,26,29). The van der Waals surface area contributed by atoms with Crippen LogP contribution >= 0.6 is 0 Å². The molecule has 0 saturated carbocycles. The molecule has 2 N–H and O–H groups in total. The maximum atomic E-state index is 13.2. The summed E-state index contributed by atoms with van der Waals surface area (Å²) in [6, 6.07) is 11.8. The van der Waals surface area contributed by atoms with Gasteiger partial charge in [0.05, 0.1) is 18.1 Å². The van der Waals surface area contributed by atoms with Gasteiger partial charge in [0.2, 0.25) is 15.9 Å². The van der Waals surface area contributed by atoms with Crippen molar-refractivity contribution in [1.82, 2.24) is 14.9 Å². The molecule has 1 saturated heterocycles. The van der Waals surface area contributed by atoms with Crippen LogP contribution in [0.25, 0.3) is 0 Å². The minimum Gasteiger partial charge on any atom is -0.490 e. The predicted octanol–water partition coefficient (Wildman–Crippen LogP) is 1.92. The van der Waals surface area contributed by atoms with Crippen molar-refractivity contribution in [3.8, 4) is 11.5 Å². The smallest absolute Gasteiger partial charge is 0.251 e. The van der Waals surface area contributed by atoms with Crippen molar-refractivity contribution >= 4 is 21.8 Å². The molecule has 10 heteroatoms. The maximum Gasteiger partial charge on any atom is 0.251 e. The quantitative estimate of drug-likeness (QED) is 0.644. The van der Waals surface area contributed by atoms with E-state index in [0.717, 1.165) is 12.0 Å². The number of amides is 2. The second kappa shape index (κ2) is 10.4. The normalized spacial score (nSPS) is 17.0. The summed E-state index contributed by atoms with van der Waals surface area (Å²) in [6.07, 6.45) is 1.62. The van der Waals surface area contributed by atoms with Gasteiger partial charge in [0.15, 0.2) is 11.5 Å². The van der Waals surface area contributed by atoms with Crippen LogP contribution in [0.15, 0.2) is 47.4 Å². The number of hydrogen-bond donors (Lipinski definition) is 2. The predicted molar refractivity (Wildman–Crippen MR) is 125 cm³/mol. The van der Waals surface area contributed by atoms with E-state index in [1.54, 1.807) is 31.3 Å². The van der Waals surface area contributed by atoms with Crippen LogP contribution in [-0.2, 0) is 21.4 Å². The molecule has 0 atom stereocenters. The summed E-state index contributed by atoms with van der Waals surface area (Å²) in [7, 11) is -2.13. The minimum atomic E-state index is -3.70. The van der Waals surface area contributed by atoms with Crippen molar-refractivity contribution in [2.45, 2.75) is 30.7 Å². The van der Waals surface area contributed by atoms with E-state index in [2.05, 4.69) is 10.6 Å². The molecule has 0 bridgehead atoms. The van der Waals surface area contributed by atoms with Gasteiger partial charge in [-0.15, -0.1) is 0 Å². The fraction of sp³-hybridized carbons (Fsp3) is 0.417. The van der Waals surface area contributed by atoms with E-state index < -0.39 is 10.0 Å². The van der Waals surface area contributed by atoms with Gasteiger partial charge in [0.25, 0.3) is 5.91 Å². The first kappa shape index (κ1) is 24.0. The molecule has 2 aliphatic rings. The molecule has 4 rings (SSSR count). The summed E-state index contributed by atoms with van der Waals surface area (Å²) in [6.45, 7) is 1.85. The van der Waals surface area contributed by atoms with Crippen LogP contribution in [0.4, 0.5) is 0 Å². The first-order chi connectivity index (χ1) is 16.4. The average Bonchev–Trinajstić information content (AvgIpc) is 3.12. The fourth-order valence-corrected chi connectivity index (χ4v) is 5.60. The number of carbonyl (C=O) groups is 2. The molecule has 0 spiro atoms. The average molecular weight is 488 g/mol. The zero-order valence-electron chi connectivity index (χ0n) is 19.1. The van der Waals surface area contributed by atoms with Gasteiger partial charge in [-0.3, -0.25) is 9.59 Å². The van der Waals surface area contributed by atoms with Gasteiger partial charge in [-0.25, -0.2) is 8.42 Å². The highest BCUT2D eigenvalue weighted by Gasteiger charge is 2.32. The van der Waals surface area contributed by atoms with Gasteiger partial charge >= 0.3 is 0 Å². The van der Waals surface area contributed by atoms with E-state index in [9.17, 15) is 18.0 Å². The topological polar surface area (TPSA) is 114 Å². The summed E-state index contributed by atoms with van der Waals surface area (Å²) in [5, 5.41) is 5.49. The summed E-state index contributed by atoms with van der Waals surface area (Å²) in [5.74, 6) is 0.423. The van der Waals surface area contributed by atoms with Crippen LogP contribution in [0.1, 0.15) is 35.2 Å². The van der Waals surface area contributed by atoms with Gasteiger partial charge in [0, 0.05) is 50.7 Å². The van der Waals surface area contributed by atoms with Crippen LogP contribution in [-0.4, -0.2) is 57.9 Å². The molecule has 2 heterocycles. The van der Waals surface area contributed by atoms with Crippen molar-refractivity contribution < 1.29 is 27.5 Å². The number of rotatable bonds is 6. The number of carbonyl (C=O) groups excluding carboxylic acids is 2. The highest BCUT2D eigenvalue weighted by molar-refractivity contribution is 7.89. The first-order valence-electron chi connectivity index (χ1n) is 11.4. The third kappa shape index (κ3) is 5.34. The van der Waals surface area contributed by atoms with Crippen molar-refractivity contribution in [3.05, 3.63) is 53.6 Å². The van der Waals surface area contributed by atoms with Crippen molar-refractivity contribution in [2.75, 3.05) is 33.4 Å². The fourth-order valence-electron chi connectivity index (χ4n) is 4.11. The molecular weight excluding hydrogens is 458 g/mol. The lowest BCUT2D eigenvalue weighted by atomic mass is 9.97. The van der Waals surface area contributed by atoms with Gasteiger partial charge in [0.1, 0.15) is 0 Å². The Labute approximate surface area is 199 Å². The molecule has 1 fully saturated rings. The number of nitrogens with zero attached hydrogens (tertiary/aromatic N) is 1. The molecule has 2 amide bonds. The molecule has 34 heavy (non-hydrogen) atoms. The Hall–Kier alpha value is -3.11. The third-order valence-corrected chi connectivity index (χ3v) is 7.96. The Kier molecular flexibility index (Phi) is 7.38. The third-order valence-electron chi connectivity index (χ3n) is 6.06. The molecule has 182 valence electrons. The highest BCUT2D eigenvalue weighted by atomic mass is 32.2. The number of fused-ring (bicyclic) bond motifs is 1. The van der Waals surface area contributed by atoms with E-state index in [0.29, 0.717) is 49.7 Å². The van der Waals surface area contributed by atoms with Crippen LogP contribution in [0, 0.1) is 5.92 Å². The highest BCUT2D eigenvalue weighted by Crippen LogP contribution is 2.33. The molecular formula is C24H29N3O6S. The Morgan fingerprint density at radius 3 is 2.50 bits per heavy atom. The monoisotopic (exact) mass is 487 g/mol. The number of piperidine rings is 1. The van der Waals surface area contributed by atoms with E-state index >= 15 is 0 Å². The van der Waals surface area contributed by atoms with Crippen molar-refractivity contribution in [3.63, 3.8) is 0 Å². The SMILES string of the molecule is CNC(=O)c1cccc(CNC(=O)C2CCN(S(=O)(=O)c3ccc4c(c3)OCCCO4)CC2)c1. The molecule has 2 aromatic rings. The Balaban J connectivity index is 1.33. The van der Waals surface area contributed by atoms with Crippen LogP contribution in [0.5, 0.6) is 11.5 Å². The van der Waals surface area contributed by atoms with Crippen LogP contribution in [0.3, 0.4) is 0 Å². The van der Waals surface area contributed by atoms with E-state index in [1.165, 1.54) is 16.4 Å². The van der Waals surface area contributed by atoms with Crippen molar-refractivity contribution in [2.24, 2.45) is 5.92 Å². The molecule has 0 radical (unpaired) electrons. The van der Waals surface area contributed by atoms with Gasteiger partial charge in [-0.05, 0) is 42.7 Å². The van der Waals surface area contributed by atoms with Crippen LogP contribution in [0.2, 0.25) is 0 Å². The van der Waals surface area contributed by atoms with Gasteiger partial charge in [-0.1, -0.05) is 12.1 Å². The lowest BCUT2D eigenvalue weighted by molar-refractivity contribution is -0.126. The first-order valence-corrected chi connectivity index (χ1v) is 12.8. The van der Waals surface area contributed by atoms with E-state index in [-0.39, 0.29) is 35.7 Å². The zero-order valence-corrected chi connectivity index (χ0v) is 19.9. The lowest BCUT2D eigenvalue weighted by Gasteiger charge is -2.30. The molecule has 2 aromatic carbocycles. The summed E-state index contributed by atoms with van der Waals surface area (Å²) < 4.78 is 38.9. The Bertz CT molecular complexity index is 1160. The minimum absolute atomic E-state index is 0.113. The lowest BCUT2D eigenvalue weighted by Crippen LogP contribution is -2.42. The second-order valence-corrected chi connectivity index (χ2v) is 10.3. The summed E-state index contributed by atoms with van der Waals surface area (Å²) in [5.41, 5.74) is 1.35. The molecule has 9 nitrogen and oxygen atoms in total. The molecule has 0 aliphatic carbocycles. The van der Waals surface area contributed by atoms with Crippen molar-refractivity contribution in [1.29, 1.82) is 0 Å². The molecule has 2 aliphatic heterocycles. The number of benzene rings is 2. The van der Waals surface area contributed by atoms with E-state index in [1.807, 2.05) is 6.07 Å². The maximum absolute atomic E-state index is 13.2. The Morgan fingerprint density at radius 1 is 1.03 bits per heavy atom. The number of sulfonamides is 1. The summed E-state index contributed by atoms with van der Waals surface area (Å²) >= 11 is 0. The molecule has 0 unspecified atom stereocenters. The zero-order chi connectivity index (χ0) is 24.1. The number of nitrogens with one attached hydrogen (secondary N) is 2. The second-order valence-electron chi connectivity index (χ2n) is 8.33. The molecule has 0 aromatic heterocycles. The Morgan fingerprint density at radius 2 is 1.76 bits per heavy atom. The van der Waals surface area contributed by atoms with Gasteiger partial charge in [-0.2, -0.15) is 4.31 Å². The van der Waals surface area contributed by atoms with Crippen LogP contribution < -0.4 is 20.1 Å². The van der Waals surface area contributed by atoms with Gasteiger partial charge < -0.3 is 20.1 Å². The number of hydrogen-bond acceptors (Lipinski definition) is 6. The largest absolute Gasteiger partial charge is 0.490 e. The van der Waals surface area contributed by atoms with E-state index in [4.69, 9.17) is 9.47 Å².